The van der Waals surface area contributed by atoms with Gasteiger partial charge >= 0.3 is 0 Å². The van der Waals surface area contributed by atoms with Crippen LogP contribution in [0.3, 0.4) is 0 Å². The zero-order chi connectivity index (χ0) is 16.4. The van der Waals surface area contributed by atoms with Gasteiger partial charge in [-0.2, -0.15) is 5.10 Å². The van der Waals surface area contributed by atoms with Gasteiger partial charge in [0, 0.05) is 31.2 Å². The minimum atomic E-state index is 0.0398. The lowest BCUT2D eigenvalue weighted by Crippen LogP contribution is -2.32. The molecule has 1 fully saturated rings. The Labute approximate surface area is 140 Å². The molecule has 5 nitrogen and oxygen atoms in total. The first-order valence-electron chi connectivity index (χ1n) is 8.10. The van der Waals surface area contributed by atoms with Crippen LogP contribution in [0.2, 0.25) is 0 Å². The first-order chi connectivity index (χ1) is 11.8. The van der Waals surface area contributed by atoms with Crippen LogP contribution in [0, 0.1) is 0 Å². The van der Waals surface area contributed by atoms with Gasteiger partial charge in [-0.15, -0.1) is 0 Å². The van der Waals surface area contributed by atoms with E-state index >= 15 is 0 Å². The average molecular weight is 318 g/mol. The molecule has 0 bridgehead atoms. The number of H-pyrrole nitrogens is 1. The van der Waals surface area contributed by atoms with Crippen LogP contribution in [0.4, 0.5) is 0 Å². The van der Waals surface area contributed by atoms with E-state index in [1.165, 1.54) is 0 Å². The third-order valence-electron chi connectivity index (χ3n) is 4.27. The lowest BCUT2D eigenvalue weighted by Gasteiger charge is -2.22. The van der Waals surface area contributed by atoms with Gasteiger partial charge in [-0.25, -0.2) is 0 Å². The third kappa shape index (κ3) is 3.06. The Balaban J connectivity index is 1.58. The van der Waals surface area contributed by atoms with Gasteiger partial charge in [0.1, 0.15) is 0 Å². The Bertz CT molecular complexity index is 826. The van der Waals surface area contributed by atoms with Crippen LogP contribution < -0.4 is 0 Å². The largest absolute Gasteiger partial charge is 0.331 e. The molecule has 1 N–H and O–H groups in total. The van der Waals surface area contributed by atoms with Gasteiger partial charge in [-0.1, -0.05) is 24.3 Å². The minimum absolute atomic E-state index is 0.0398. The lowest BCUT2D eigenvalue weighted by atomic mass is 10.0. The summed E-state index contributed by atoms with van der Waals surface area (Å²) < 4.78 is 0. The second-order valence-electron chi connectivity index (χ2n) is 6.09. The van der Waals surface area contributed by atoms with E-state index in [2.05, 4.69) is 33.4 Å². The fraction of sp³-hybridized carbons (Fsp3) is 0.211. The number of nitrogens with zero attached hydrogens (tertiary/aromatic N) is 3. The molecular weight excluding hydrogens is 300 g/mol. The number of amides is 1. The van der Waals surface area contributed by atoms with Crippen molar-refractivity contribution in [3.05, 3.63) is 72.3 Å². The zero-order valence-corrected chi connectivity index (χ0v) is 13.2. The molecular formula is C19H18N4O. The Morgan fingerprint density at radius 1 is 1.17 bits per heavy atom. The van der Waals surface area contributed by atoms with E-state index in [0.717, 1.165) is 29.5 Å². The number of carbonyl (C=O) groups is 1. The number of aromatic amines is 1. The Hall–Kier alpha value is -2.95. The third-order valence-corrected chi connectivity index (χ3v) is 4.27. The molecule has 1 aliphatic carbocycles. The van der Waals surface area contributed by atoms with Crippen LogP contribution in [0.5, 0.6) is 0 Å². The van der Waals surface area contributed by atoms with Crippen LogP contribution in [0.1, 0.15) is 28.8 Å². The van der Waals surface area contributed by atoms with Gasteiger partial charge in [-0.3, -0.25) is 14.9 Å². The van der Waals surface area contributed by atoms with E-state index in [9.17, 15) is 4.79 Å². The molecule has 0 unspecified atom stereocenters. The van der Waals surface area contributed by atoms with Gasteiger partial charge < -0.3 is 4.90 Å². The predicted octanol–water partition coefficient (Wildman–Crippen LogP) is 3.28. The van der Waals surface area contributed by atoms with Crippen molar-refractivity contribution in [2.24, 2.45) is 0 Å². The van der Waals surface area contributed by atoms with E-state index in [1.54, 1.807) is 18.6 Å². The normalized spacial score (nSPS) is 13.7. The Morgan fingerprint density at radius 2 is 2.04 bits per heavy atom. The number of rotatable bonds is 5. The maximum absolute atomic E-state index is 12.7. The molecule has 0 aliphatic heterocycles. The second-order valence-corrected chi connectivity index (χ2v) is 6.09. The molecule has 0 saturated heterocycles. The monoisotopic (exact) mass is 318 g/mol. The molecule has 2 heterocycles. The van der Waals surface area contributed by atoms with E-state index in [4.69, 9.17) is 0 Å². The number of pyridine rings is 1. The van der Waals surface area contributed by atoms with Crippen molar-refractivity contribution in [2.45, 2.75) is 25.4 Å². The van der Waals surface area contributed by atoms with Crippen LogP contribution in [0.25, 0.3) is 11.1 Å². The summed E-state index contributed by atoms with van der Waals surface area (Å²) in [7, 11) is 0. The topological polar surface area (TPSA) is 61.9 Å². The first kappa shape index (κ1) is 14.6. The highest BCUT2D eigenvalue weighted by Crippen LogP contribution is 2.30. The van der Waals surface area contributed by atoms with Crippen molar-refractivity contribution >= 4 is 5.91 Å². The predicted molar refractivity (Wildman–Crippen MR) is 91.2 cm³/mol. The molecule has 0 spiro atoms. The minimum Gasteiger partial charge on any atom is -0.331 e. The smallest absolute Gasteiger partial charge is 0.257 e. The highest BCUT2D eigenvalue weighted by Gasteiger charge is 2.33. The summed E-state index contributed by atoms with van der Waals surface area (Å²) >= 11 is 0. The van der Waals surface area contributed by atoms with Crippen LogP contribution in [-0.2, 0) is 6.54 Å². The summed E-state index contributed by atoms with van der Waals surface area (Å²) in [5.74, 6) is 0.0398. The Kier molecular flexibility index (Phi) is 3.83. The van der Waals surface area contributed by atoms with Gasteiger partial charge in [0.05, 0.1) is 11.8 Å². The summed E-state index contributed by atoms with van der Waals surface area (Å²) in [6.45, 7) is 0.614. The zero-order valence-electron chi connectivity index (χ0n) is 13.2. The van der Waals surface area contributed by atoms with Crippen LogP contribution >= 0.6 is 0 Å². The molecule has 1 aromatic carbocycles. The summed E-state index contributed by atoms with van der Waals surface area (Å²) in [4.78, 5) is 18.8. The van der Waals surface area contributed by atoms with E-state index in [1.807, 2.05) is 29.3 Å². The molecule has 1 saturated carbocycles. The fourth-order valence-corrected chi connectivity index (χ4v) is 2.87. The molecule has 0 radical (unpaired) electrons. The first-order valence-corrected chi connectivity index (χ1v) is 8.10. The average Bonchev–Trinajstić information content (AvgIpc) is 3.33. The quantitative estimate of drug-likeness (QED) is 0.785. The SMILES string of the molecule is O=C(c1cn[nH]c1)N(Cc1cccc(-c2cccnc2)c1)C1CC1. The van der Waals surface area contributed by atoms with Gasteiger partial charge in [0.15, 0.2) is 0 Å². The molecule has 4 rings (SSSR count). The number of carbonyl (C=O) groups excluding carboxylic acids is 1. The number of aromatic nitrogens is 3. The van der Waals surface area contributed by atoms with E-state index < -0.39 is 0 Å². The number of hydrogen-bond acceptors (Lipinski definition) is 3. The van der Waals surface area contributed by atoms with Crippen LogP contribution in [0.15, 0.2) is 61.2 Å². The molecule has 1 amide bonds. The number of nitrogens with one attached hydrogen (secondary N) is 1. The summed E-state index contributed by atoms with van der Waals surface area (Å²) in [6.07, 6.45) is 9.02. The summed E-state index contributed by atoms with van der Waals surface area (Å²) in [5.41, 5.74) is 3.94. The lowest BCUT2D eigenvalue weighted by molar-refractivity contribution is 0.0730. The number of benzene rings is 1. The molecule has 3 aromatic rings. The highest BCUT2D eigenvalue weighted by atomic mass is 16.2. The maximum atomic E-state index is 12.7. The molecule has 120 valence electrons. The van der Waals surface area contributed by atoms with Gasteiger partial charge in [0.2, 0.25) is 0 Å². The Morgan fingerprint density at radius 3 is 2.75 bits per heavy atom. The van der Waals surface area contributed by atoms with Crippen molar-refractivity contribution in [1.82, 2.24) is 20.1 Å². The van der Waals surface area contributed by atoms with Crippen molar-refractivity contribution in [3.63, 3.8) is 0 Å². The standard InChI is InChI=1S/C19H18N4O/c24-19(17-11-21-22-12-17)23(18-6-7-18)13-14-3-1-4-15(9-14)16-5-2-8-20-10-16/h1-5,8-12,18H,6-7,13H2,(H,21,22). The number of hydrogen-bond donors (Lipinski definition) is 1. The van der Waals surface area contributed by atoms with Gasteiger partial charge in [-0.05, 0) is 41.7 Å². The van der Waals surface area contributed by atoms with E-state index in [0.29, 0.717) is 18.2 Å². The van der Waals surface area contributed by atoms with Crippen molar-refractivity contribution < 1.29 is 4.79 Å². The summed E-state index contributed by atoms with van der Waals surface area (Å²) in [6, 6.07) is 12.6. The van der Waals surface area contributed by atoms with Gasteiger partial charge in [0.25, 0.3) is 5.91 Å². The van der Waals surface area contributed by atoms with E-state index in [-0.39, 0.29) is 5.91 Å². The van der Waals surface area contributed by atoms with Crippen LogP contribution in [-0.4, -0.2) is 32.0 Å². The molecule has 2 aromatic heterocycles. The van der Waals surface area contributed by atoms with Crippen molar-refractivity contribution in [1.29, 1.82) is 0 Å². The van der Waals surface area contributed by atoms with Crippen molar-refractivity contribution in [3.8, 4) is 11.1 Å². The molecule has 5 heteroatoms. The molecule has 24 heavy (non-hydrogen) atoms. The molecule has 0 atom stereocenters. The summed E-state index contributed by atoms with van der Waals surface area (Å²) in [5, 5.41) is 6.60. The van der Waals surface area contributed by atoms with Crippen molar-refractivity contribution in [2.75, 3.05) is 0 Å². The maximum Gasteiger partial charge on any atom is 0.257 e. The second kappa shape index (κ2) is 6.28. The fourth-order valence-electron chi connectivity index (χ4n) is 2.87. The molecule has 1 aliphatic rings. The highest BCUT2D eigenvalue weighted by molar-refractivity contribution is 5.94.